The lowest BCUT2D eigenvalue weighted by Crippen LogP contribution is -2.34. The summed E-state index contributed by atoms with van der Waals surface area (Å²) in [6.45, 7) is 7.44. The van der Waals surface area contributed by atoms with E-state index in [2.05, 4.69) is 24.8 Å². The summed E-state index contributed by atoms with van der Waals surface area (Å²) in [5.41, 5.74) is 0.902. The molecule has 121 valence electrons. The number of rotatable bonds is 8. The predicted molar refractivity (Wildman–Crippen MR) is 90.5 cm³/mol. The van der Waals surface area contributed by atoms with Crippen molar-refractivity contribution in [3.05, 3.63) is 49.2 Å². The largest absolute Gasteiger partial charge is 0.378 e. The minimum atomic E-state index is -0.200. The molecule has 1 aromatic rings. The third-order valence-electron chi connectivity index (χ3n) is 4.27. The van der Waals surface area contributed by atoms with Gasteiger partial charge in [0.25, 0.3) is 0 Å². The van der Waals surface area contributed by atoms with Gasteiger partial charge in [0.05, 0.1) is 6.10 Å². The summed E-state index contributed by atoms with van der Waals surface area (Å²) in [7, 11) is 0. The van der Waals surface area contributed by atoms with Crippen LogP contribution in [0.15, 0.2) is 36.9 Å². The topological polar surface area (TPSA) is 12.5 Å². The van der Waals surface area contributed by atoms with Crippen LogP contribution >= 0.6 is 0 Å². The average molecular weight is 304 g/mol. The second-order valence-corrected chi connectivity index (χ2v) is 5.99. The highest BCUT2D eigenvalue weighted by Gasteiger charge is 2.17. The first-order valence-electron chi connectivity index (χ1n) is 8.27. The zero-order valence-corrected chi connectivity index (χ0v) is 13.5. The van der Waals surface area contributed by atoms with Gasteiger partial charge in [-0.15, -0.1) is 6.58 Å². The Balaban J connectivity index is 1.86. The van der Waals surface area contributed by atoms with Crippen LogP contribution in [0.5, 0.6) is 0 Å². The van der Waals surface area contributed by atoms with Crippen LogP contribution in [0, 0.1) is 12.2 Å². The molecule has 0 aromatic heterocycles. The molecule has 0 spiro atoms. The SMILES string of the molecule is C=CCN(c1cccc(F)c1)C(C)CCOC1CC[CH]CC1. The average Bonchev–Trinajstić information content (AvgIpc) is 2.53. The zero-order chi connectivity index (χ0) is 15.8. The fourth-order valence-electron chi connectivity index (χ4n) is 2.96. The second kappa shape index (κ2) is 8.94. The van der Waals surface area contributed by atoms with E-state index in [0.29, 0.717) is 12.6 Å². The molecule has 1 aliphatic rings. The highest BCUT2D eigenvalue weighted by atomic mass is 19.1. The van der Waals surface area contributed by atoms with E-state index in [-0.39, 0.29) is 11.9 Å². The van der Waals surface area contributed by atoms with Crippen molar-refractivity contribution in [2.24, 2.45) is 0 Å². The van der Waals surface area contributed by atoms with E-state index in [9.17, 15) is 4.39 Å². The maximum atomic E-state index is 13.4. The molecule has 1 unspecified atom stereocenters. The third-order valence-corrected chi connectivity index (χ3v) is 4.27. The van der Waals surface area contributed by atoms with Gasteiger partial charge in [0.1, 0.15) is 5.82 Å². The van der Waals surface area contributed by atoms with Crippen LogP contribution in [0.25, 0.3) is 0 Å². The number of benzene rings is 1. The molecule has 2 rings (SSSR count). The van der Waals surface area contributed by atoms with Crippen molar-refractivity contribution in [3.63, 3.8) is 0 Å². The molecule has 1 aliphatic carbocycles. The van der Waals surface area contributed by atoms with Crippen molar-refractivity contribution in [2.75, 3.05) is 18.1 Å². The molecule has 0 amide bonds. The van der Waals surface area contributed by atoms with E-state index < -0.39 is 0 Å². The molecule has 0 bridgehead atoms. The van der Waals surface area contributed by atoms with Crippen molar-refractivity contribution >= 4 is 5.69 Å². The van der Waals surface area contributed by atoms with Gasteiger partial charge in [-0.25, -0.2) is 4.39 Å². The van der Waals surface area contributed by atoms with Crippen molar-refractivity contribution < 1.29 is 9.13 Å². The first kappa shape index (κ1) is 17.0. The summed E-state index contributed by atoms with van der Waals surface area (Å²) in [6.07, 6.45) is 10.2. The van der Waals surface area contributed by atoms with E-state index >= 15 is 0 Å². The molecule has 2 nitrogen and oxygen atoms in total. The lowest BCUT2D eigenvalue weighted by molar-refractivity contribution is 0.0314. The van der Waals surface area contributed by atoms with Crippen LogP contribution in [0.3, 0.4) is 0 Å². The van der Waals surface area contributed by atoms with Crippen LogP contribution in [-0.4, -0.2) is 25.3 Å². The minimum absolute atomic E-state index is 0.200. The summed E-state index contributed by atoms with van der Waals surface area (Å²) >= 11 is 0. The number of hydrogen-bond donors (Lipinski definition) is 0. The zero-order valence-electron chi connectivity index (χ0n) is 13.5. The lowest BCUT2D eigenvalue weighted by atomic mass is 9.98. The normalized spacial score (nSPS) is 17.2. The Morgan fingerprint density at radius 2 is 2.18 bits per heavy atom. The molecular weight excluding hydrogens is 277 g/mol. The standard InChI is InChI=1S/C19H27FNO/c1-3-13-21(18-9-7-8-17(20)15-18)16(2)12-14-22-19-10-5-4-6-11-19/h3-4,7-9,15-16,19H,1,5-6,10-14H2,2H3. The number of halogens is 1. The van der Waals surface area contributed by atoms with Crippen LogP contribution in [0.2, 0.25) is 0 Å². The molecule has 0 heterocycles. The van der Waals surface area contributed by atoms with E-state index in [1.54, 1.807) is 12.1 Å². The number of anilines is 1. The first-order chi connectivity index (χ1) is 10.7. The Morgan fingerprint density at radius 1 is 1.41 bits per heavy atom. The summed E-state index contributed by atoms with van der Waals surface area (Å²) < 4.78 is 19.4. The minimum Gasteiger partial charge on any atom is -0.378 e. The van der Waals surface area contributed by atoms with Gasteiger partial charge in [0, 0.05) is 24.9 Å². The Bertz CT molecular complexity index is 457. The van der Waals surface area contributed by atoms with Gasteiger partial charge in [-0.3, -0.25) is 0 Å². The second-order valence-electron chi connectivity index (χ2n) is 5.99. The molecule has 1 radical (unpaired) electrons. The Morgan fingerprint density at radius 3 is 2.86 bits per heavy atom. The summed E-state index contributed by atoms with van der Waals surface area (Å²) in [5, 5.41) is 0. The van der Waals surface area contributed by atoms with Crippen LogP contribution in [0.4, 0.5) is 10.1 Å². The van der Waals surface area contributed by atoms with E-state index in [0.717, 1.165) is 31.6 Å². The van der Waals surface area contributed by atoms with Gasteiger partial charge in [0.2, 0.25) is 0 Å². The Hall–Kier alpha value is -1.35. The van der Waals surface area contributed by atoms with Gasteiger partial charge >= 0.3 is 0 Å². The van der Waals surface area contributed by atoms with Crippen molar-refractivity contribution in [3.8, 4) is 0 Å². The lowest BCUT2D eigenvalue weighted by Gasteiger charge is -2.31. The maximum Gasteiger partial charge on any atom is 0.125 e. The van der Waals surface area contributed by atoms with E-state index in [1.807, 2.05) is 12.1 Å². The monoisotopic (exact) mass is 304 g/mol. The summed E-state index contributed by atoms with van der Waals surface area (Å²) in [4.78, 5) is 2.17. The number of ether oxygens (including phenoxy) is 1. The molecule has 0 aliphatic heterocycles. The van der Waals surface area contributed by atoms with Gasteiger partial charge < -0.3 is 9.64 Å². The Labute approximate surface area is 134 Å². The van der Waals surface area contributed by atoms with Gasteiger partial charge in [-0.1, -0.05) is 12.1 Å². The van der Waals surface area contributed by atoms with Crippen LogP contribution < -0.4 is 4.90 Å². The van der Waals surface area contributed by atoms with E-state index in [1.165, 1.54) is 18.9 Å². The highest BCUT2D eigenvalue weighted by Crippen LogP contribution is 2.22. The molecular formula is C19H27FNO. The van der Waals surface area contributed by atoms with Crippen molar-refractivity contribution in [1.29, 1.82) is 0 Å². The summed E-state index contributed by atoms with van der Waals surface area (Å²) in [6, 6.07) is 7.04. The molecule has 1 fully saturated rings. The van der Waals surface area contributed by atoms with Crippen LogP contribution in [0.1, 0.15) is 39.0 Å². The molecule has 0 N–H and O–H groups in total. The van der Waals surface area contributed by atoms with Gasteiger partial charge in [-0.2, -0.15) is 0 Å². The van der Waals surface area contributed by atoms with Crippen LogP contribution in [-0.2, 0) is 4.74 Å². The smallest absolute Gasteiger partial charge is 0.125 e. The van der Waals surface area contributed by atoms with Crippen molar-refractivity contribution in [1.82, 2.24) is 0 Å². The molecule has 3 heteroatoms. The van der Waals surface area contributed by atoms with Crippen molar-refractivity contribution in [2.45, 2.75) is 51.2 Å². The fourth-order valence-corrected chi connectivity index (χ4v) is 2.96. The molecule has 1 saturated carbocycles. The van der Waals surface area contributed by atoms with E-state index in [4.69, 9.17) is 4.74 Å². The first-order valence-corrected chi connectivity index (χ1v) is 8.27. The summed E-state index contributed by atoms with van der Waals surface area (Å²) in [5.74, 6) is -0.200. The quantitative estimate of drug-likeness (QED) is 0.642. The fraction of sp³-hybridized carbons (Fsp3) is 0.526. The van der Waals surface area contributed by atoms with Gasteiger partial charge in [-0.05, 0) is 63.6 Å². The molecule has 1 atom stereocenters. The number of hydrogen-bond acceptors (Lipinski definition) is 2. The van der Waals surface area contributed by atoms with Gasteiger partial charge in [0.15, 0.2) is 0 Å². The molecule has 0 saturated heterocycles. The third kappa shape index (κ3) is 5.13. The predicted octanol–water partition coefficient (Wildman–Crippen LogP) is 4.76. The molecule has 1 aromatic carbocycles. The number of nitrogens with zero attached hydrogens (tertiary/aromatic N) is 1. The highest BCUT2D eigenvalue weighted by molar-refractivity contribution is 5.48. The Kier molecular flexibility index (Phi) is 6.91. The molecule has 22 heavy (non-hydrogen) atoms. The maximum absolute atomic E-state index is 13.4.